The molecule has 138 valence electrons. The number of para-hydroxylation sites is 1. The third-order valence-electron chi connectivity index (χ3n) is 3.87. The maximum absolute atomic E-state index is 13.1. The van der Waals surface area contributed by atoms with Gasteiger partial charge in [-0.1, -0.05) is 29.3 Å². The first-order chi connectivity index (χ1) is 12.1. The Bertz CT molecular complexity index is 975. The van der Waals surface area contributed by atoms with Gasteiger partial charge in [-0.05, 0) is 26.0 Å². The van der Waals surface area contributed by atoms with E-state index in [4.69, 9.17) is 23.2 Å². The summed E-state index contributed by atoms with van der Waals surface area (Å²) in [5.41, 5.74) is 0.992. The summed E-state index contributed by atoms with van der Waals surface area (Å²) in [7, 11) is -3.60. The van der Waals surface area contributed by atoms with E-state index in [0.717, 1.165) is 6.26 Å². The highest BCUT2D eigenvalue weighted by Crippen LogP contribution is 2.39. The van der Waals surface area contributed by atoms with Crippen LogP contribution in [-0.2, 0) is 16.4 Å². The summed E-state index contributed by atoms with van der Waals surface area (Å²) < 4.78 is 23.6. The Morgan fingerprint density at radius 3 is 2.35 bits per heavy atom. The van der Waals surface area contributed by atoms with Gasteiger partial charge >= 0.3 is 6.03 Å². The fourth-order valence-electron chi connectivity index (χ4n) is 2.73. The molecule has 0 atom stereocenters. The highest BCUT2D eigenvalue weighted by atomic mass is 35.5. The number of rotatable bonds is 3. The lowest BCUT2D eigenvalue weighted by molar-refractivity contribution is 0.248. The van der Waals surface area contributed by atoms with Gasteiger partial charge in [-0.3, -0.25) is 9.80 Å². The number of urea groups is 1. The molecule has 0 fully saturated rings. The maximum atomic E-state index is 13.1. The summed E-state index contributed by atoms with van der Waals surface area (Å²) in [5.74, 6) is 0.278. The standard InChI is InChI=1S/C16H16Cl2N4O3S/c1-9(2)22-14-10(7-19-15(20-14)26(3,24)25)8-21(16(22)23)13-11(17)5-4-6-12(13)18/h4-7,9H,8H2,1-3H3. The van der Waals surface area contributed by atoms with Gasteiger partial charge in [-0.2, -0.15) is 0 Å². The molecule has 0 radical (unpaired) electrons. The number of carbonyl (C=O) groups excluding carboxylic acids is 1. The van der Waals surface area contributed by atoms with Gasteiger partial charge in [0.2, 0.25) is 15.0 Å². The number of hydrogen-bond acceptors (Lipinski definition) is 5. The number of nitrogens with zero attached hydrogens (tertiary/aromatic N) is 4. The lowest BCUT2D eigenvalue weighted by atomic mass is 10.1. The van der Waals surface area contributed by atoms with Gasteiger partial charge in [0.1, 0.15) is 5.82 Å². The van der Waals surface area contributed by atoms with Crippen LogP contribution in [0.4, 0.5) is 16.3 Å². The molecule has 26 heavy (non-hydrogen) atoms. The summed E-state index contributed by atoms with van der Waals surface area (Å²) in [4.78, 5) is 24.0. The molecular formula is C16H16Cl2N4O3S. The molecule has 0 aliphatic carbocycles. The minimum Gasteiger partial charge on any atom is -0.286 e. The Kier molecular flexibility index (Phi) is 4.85. The lowest BCUT2D eigenvalue weighted by Gasteiger charge is -2.38. The van der Waals surface area contributed by atoms with Gasteiger partial charge in [0.15, 0.2) is 0 Å². The monoisotopic (exact) mass is 414 g/mol. The Balaban J connectivity index is 2.18. The summed E-state index contributed by atoms with van der Waals surface area (Å²) in [5, 5.41) is 0.359. The van der Waals surface area contributed by atoms with E-state index in [0.29, 0.717) is 21.3 Å². The van der Waals surface area contributed by atoms with Crippen molar-refractivity contribution in [3.05, 3.63) is 40.0 Å². The molecule has 3 rings (SSSR count). The van der Waals surface area contributed by atoms with E-state index >= 15 is 0 Å². The SMILES string of the molecule is CC(C)N1C(=O)N(c2c(Cl)cccc2Cl)Cc2cnc(S(C)(=O)=O)nc21. The zero-order chi connectivity index (χ0) is 19.2. The van der Waals surface area contributed by atoms with Crippen LogP contribution >= 0.6 is 23.2 Å². The normalized spacial score (nSPS) is 14.8. The highest BCUT2D eigenvalue weighted by molar-refractivity contribution is 7.90. The number of fused-ring (bicyclic) bond motifs is 1. The first-order valence-corrected chi connectivity index (χ1v) is 10.4. The average molecular weight is 415 g/mol. The van der Waals surface area contributed by atoms with Crippen molar-refractivity contribution in [3.63, 3.8) is 0 Å². The molecule has 1 aliphatic heterocycles. The highest BCUT2D eigenvalue weighted by Gasteiger charge is 2.36. The van der Waals surface area contributed by atoms with Crippen LogP contribution in [0.2, 0.25) is 10.0 Å². The molecule has 0 unspecified atom stereocenters. The predicted octanol–water partition coefficient (Wildman–Crippen LogP) is 3.54. The van der Waals surface area contributed by atoms with Crippen LogP contribution in [0.5, 0.6) is 0 Å². The molecule has 0 N–H and O–H groups in total. The Morgan fingerprint density at radius 2 is 1.81 bits per heavy atom. The quantitative estimate of drug-likeness (QED) is 0.716. The molecule has 0 bridgehead atoms. The van der Waals surface area contributed by atoms with Crippen molar-refractivity contribution >= 4 is 50.6 Å². The molecule has 0 spiro atoms. The first-order valence-electron chi connectivity index (χ1n) is 7.72. The molecule has 0 saturated heterocycles. The van der Waals surface area contributed by atoms with Crippen LogP contribution in [0.3, 0.4) is 0 Å². The van der Waals surface area contributed by atoms with Gasteiger partial charge in [-0.15, -0.1) is 0 Å². The third-order valence-corrected chi connectivity index (χ3v) is 5.34. The summed E-state index contributed by atoms with van der Waals surface area (Å²) in [6.45, 7) is 3.74. The van der Waals surface area contributed by atoms with Crippen LogP contribution in [0.1, 0.15) is 19.4 Å². The fourth-order valence-corrected chi connectivity index (χ4v) is 3.82. The van der Waals surface area contributed by atoms with Crippen molar-refractivity contribution in [3.8, 4) is 0 Å². The van der Waals surface area contributed by atoms with Crippen LogP contribution in [-0.4, -0.2) is 36.7 Å². The van der Waals surface area contributed by atoms with Crippen molar-refractivity contribution < 1.29 is 13.2 Å². The predicted molar refractivity (Wildman–Crippen MR) is 101 cm³/mol. The molecule has 2 amide bonds. The van der Waals surface area contributed by atoms with Crippen molar-refractivity contribution in [2.24, 2.45) is 0 Å². The maximum Gasteiger partial charge on any atom is 0.330 e. The molecule has 7 nitrogen and oxygen atoms in total. The topological polar surface area (TPSA) is 83.5 Å². The van der Waals surface area contributed by atoms with E-state index in [1.54, 1.807) is 18.2 Å². The summed E-state index contributed by atoms with van der Waals surface area (Å²) in [6.07, 6.45) is 2.44. The smallest absolute Gasteiger partial charge is 0.286 e. The van der Waals surface area contributed by atoms with Crippen molar-refractivity contribution in [1.82, 2.24) is 9.97 Å². The minimum absolute atomic E-state index is 0.130. The fraction of sp³-hybridized carbons (Fsp3) is 0.312. The molecule has 10 heteroatoms. The van der Waals surface area contributed by atoms with E-state index in [9.17, 15) is 13.2 Å². The molecule has 2 heterocycles. The second kappa shape index (κ2) is 6.68. The lowest BCUT2D eigenvalue weighted by Crippen LogP contribution is -2.51. The van der Waals surface area contributed by atoms with Gasteiger partial charge in [0, 0.05) is 24.1 Å². The van der Waals surface area contributed by atoms with Crippen LogP contribution < -0.4 is 9.80 Å². The van der Waals surface area contributed by atoms with Crippen molar-refractivity contribution in [2.75, 3.05) is 16.1 Å². The first kappa shape index (κ1) is 18.9. The molecule has 1 aliphatic rings. The van der Waals surface area contributed by atoms with Gasteiger partial charge in [0.25, 0.3) is 0 Å². The number of benzene rings is 1. The largest absolute Gasteiger partial charge is 0.330 e. The van der Waals surface area contributed by atoms with Crippen LogP contribution in [0, 0.1) is 0 Å². The van der Waals surface area contributed by atoms with Gasteiger partial charge in [0.05, 0.1) is 22.3 Å². The molecule has 1 aromatic heterocycles. The molecule has 1 aromatic carbocycles. The number of carbonyl (C=O) groups is 1. The summed E-state index contributed by atoms with van der Waals surface area (Å²) >= 11 is 12.5. The van der Waals surface area contributed by atoms with Crippen molar-refractivity contribution in [2.45, 2.75) is 31.6 Å². The van der Waals surface area contributed by atoms with Crippen LogP contribution in [0.25, 0.3) is 0 Å². The number of amides is 2. The van der Waals surface area contributed by atoms with E-state index in [2.05, 4.69) is 9.97 Å². The van der Waals surface area contributed by atoms with E-state index in [-0.39, 0.29) is 29.6 Å². The average Bonchev–Trinajstić information content (AvgIpc) is 2.53. The van der Waals surface area contributed by atoms with E-state index < -0.39 is 9.84 Å². The minimum atomic E-state index is -3.60. The van der Waals surface area contributed by atoms with Gasteiger partial charge in [-0.25, -0.2) is 23.2 Å². The zero-order valence-electron chi connectivity index (χ0n) is 14.3. The molecule has 2 aromatic rings. The molecule has 0 saturated carbocycles. The Morgan fingerprint density at radius 1 is 1.19 bits per heavy atom. The van der Waals surface area contributed by atoms with E-state index in [1.165, 1.54) is 16.0 Å². The van der Waals surface area contributed by atoms with E-state index in [1.807, 2.05) is 13.8 Å². The second-order valence-electron chi connectivity index (χ2n) is 6.18. The Hall–Kier alpha value is -1.90. The number of sulfone groups is 1. The van der Waals surface area contributed by atoms with Crippen LogP contribution in [0.15, 0.2) is 29.6 Å². The number of aromatic nitrogens is 2. The summed E-state index contributed by atoms with van der Waals surface area (Å²) in [6, 6.07) is 4.33. The van der Waals surface area contributed by atoms with Crippen molar-refractivity contribution in [1.29, 1.82) is 0 Å². The zero-order valence-corrected chi connectivity index (χ0v) is 16.6. The molecular weight excluding hydrogens is 399 g/mol. The Labute approximate surface area is 161 Å². The second-order valence-corrected chi connectivity index (χ2v) is 8.90. The van der Waals surface area contributed by atoms with Gasteiger partial charge < -0.3 is 0 Å². The number of halogens is 2. The number of hydrogen-bond donors (Lipinski definition) is 0. The number of anilines is 2. The third kappa shape index (κ3) is 3.24.